The van der Waals surface area contributed by atoms with Crippen molar-refractivity contribution in [3.05, 3.63) is 29.8 Å². The highest BCUT2D eigenvalue weighted by atomic mass is 19.4. The van der Waals surface area contributed by atoms with Crippen molar-refractivity contribution in [3.8, 4) is 0 Å². The van der Waals surface area contributed by atoms with Gasteiger partial charge in [-0.05, 0) is 50.2 Å². The van der Waals surface area contributed by atoms with Gasteiger partial charge in [0.1, 0.15) is 0 Å². The summed E-state index contributed by atoms with van der Waals surface area (Å²) in [6.07, 6.45) is -2.67. The smallest absolute Gasteiger partial charge is 0.335 e. The molecular weight excluding hydrogens is 271 g/mol. The Hall–Kier alpha value is -1.76. The van der Waals surface area contributed by atoms with Gasteiger partial charge in [-0.2, -0.15) is 13.2 Å². The fraction of sp³-hybridized carbons (Fsp3) is 0.462. The Morgan fingerprint density at radius 2 is 1.75 bits per heavy atom. The molecule has 2 amide bonds. The number of amides is 2. The molecule has 0 spiro atoms. The first kappa shape index (κ1) is 14.6. The summed E-state index contributed by atoms with van der Waals surface area (Å²) in [4.78, 5) is 11.7. The van der Waals surface area contributed by atoms with E-state index >= 15 is 0 Å². The minimum absolute atomic E-state index is 0.102. The van der Waals surface area contributed by atoms with Crippen LogP contribution in [0.25, 0.3) is 0 Å². The van der Waals surface area contributed by atoms with Gasteiger partial charge in [0.2, 0.25) is 0 Å². The van der Waals surface area contributed by atoms with Crippen LogP contribution in [0, 0.1) is 0 Å². The van der Waals surface area contributed by atoms with E-state index in [0.29, 0.717) is 5.69 Å². The van der Waals surface area contributed by atoms with Crippen LogP contribution in [-0.2, 0) is 6.18 Å². The predicted molar refractivity (Wildman–Crippen MR) is 69.5 cm³/mol. The van der Waals surface area contributed by atoms with E-state index in [-0.39, 0.29) is 6.04 Å². The van der Waals surface area contributed by atoms with Gasteiger partial charge in [-0.15, -0.1) is 0 Å². The Morgan fingerprint density at radius 1 is 1.15 bits per heavy atom. The van der Waals surface area contributed by atoms with E-state index in [1.165, 1.54) is 12.1 Å². The third-order valence-electron chi connectivity index (χ3n) is 3.14. The van der Waals surface area contributed by atoms with E-state index in [9.17, 15) is 18.0 Å². The Kier molecular flexibility index (Phi) is 4.49. The van der Waals surface area contributed by atoms with E-state index in [2.05, 4.69) is 16.0 Å². The second-order valence-electron chi connectivity index (χ2n) is 4.70. The van der Waals surface area contributed by atoms with Gasteiger partial charge in [0, 0.05) is 11.7 Å². The van der Waals surface area contributed by atoms with Gasteiger partial charge < -0.3 is 16.0 Å². The zero-order valence-corrected chi connectivity index (χ0v) is 10.8. The van der Waals surface area contributed by atoms with Crippen LogP contribution >= 0.6 is 0 Å². The number of piperidine rings is 1. The molecule has 0 saturated carbocycles. The van der Waals surface area contributed by atoms with Crippen molar-refractivity contribution < 1.29 is 18.0 Å². The lowest BCUT2D eigenvalue weighted by Crippen LogP contribution is -2.44. The third kappa shape index (κ3) is 4.12. The predicted octanol–water partition coefficient (Wildman–Crippen LogP) is 2.58. The van der Waals surface area contributed by atoms with Gasteiger partial charge in [-0.25, -0.2) is 4.79 Å². The summed E-state index contributed by atoms with van der Waals surface area (Å²) in [7, 11) is 0. The number of anilines is 1. The van der Waals surface area contributed by atoms with Crippen molar-refractivity contribution >= 4 is 11.7 Å². The molecule has 0 radical (unpaired) electrons. The summed E-state index contributed by atoms with van der Waals surface area (Å²) in [5.74, 6) is 0. The number of halogens is 3. The topological polar surface area (TPSA) is 53.2 Å². The number of hydrogen-bond acceptors (Lipinski definition) is 2. The highest BCUT2D eigenvalue weighted by Crippen LogP contribution is 2.29. The Morgan fingerprint density at radius 3 is 2.30 bits per heavy atom. The highest BCUT2D eigenvalue weighted by molar-refractivity contribution is 5.89. The van der Waals surface area contributed by atoms with Gasteiger partial charge in [-0.3, -0.25) is 0 Å². The molecule has 2 rings (SSSR count). The fourth-order valence-electron chi connectivity index (χ4n) is 2.06. The SMILES string of the molecule is O=C(Nc1ccc(C(F)(F)F)cc1)NC1CCNCC1. The fourth-order valence-corrected chi connectivity index (χ4v) is 2.06. The molecule has 1 aliphatic rings. The van der Waals surface area contributed by atoms with Crippen molar-refractivity contribution in [3.63, 3.8) is 0 Å². The van der Waals surface area contributed by atoms with Crippen molar-refractivity contribution in [2.24, 2.45) is 0 Å². The van der Waals surface area contributed by atoms with Crippen molar-refractivity contribution in [1.29, 1.82) is 0 Å². The van der Waals surface area contributed by atoms with E-state index < -0.39 is 17.8 Å². The average molecular weight is 287 g/mol. The van der Waals surface area contributed by atoms with E-state index in [0.717, 1.165) is 38.1 Å². The summed E-state index contributed by atoms with van der Waals surface area (Å²) in [5, 5.41) is 8.51. The number of nitrogens with one attached hydrogen (secondary N) is 3. The molecule has 4 nitrogen and oxygen atoms in total. The minimum Gasteiger partial charge on any atom is -0.335 e. The summed E-state index contributed by atoms with van der Waals surface area (Å²) in [6, 6.07) is 4.08. The lowest BCUT2D eigenvalue weighted by molar-refractivity contribution is -0.137. The first-order valence-corrected chi connectivity index (χ1v) is 6.40. The van der Waals surface area contributed by atoms with Crippen LogP contribution in [0.4, 0.5) is 23.7 Å². The van der Waals surface area contributed by atoms with Crippen molar-refractivity contribution in [1.82, 2.24) is 10.6 Å². The van der Waals surface area contributed by atoms with Gasteiger partial charge in [0.05, 0.1) is 5.56 Å². The molecule has 1 saturated heterocycles. The largest absolute Gasteiger partial charge is 0.416 e. The van der Waals surface area contributed by atoms with Crippen LogP contribution in [0.1, 0.15) is 18.4 Å². The maximum Gasteiger partial charge on any atom is 0.416 e. The number of carbonyl (C=O) groups excluding carboxylic acids is 1. The first-order valence-electron chi connectivity index (χ1n) is 6.40. The lowest BCUT2D eigenvalue weighted by atomic mass is 10.1. The highest BCUT2D eigenvalue weighted by Gasteiger charge is 2.30. The molecule has 20 heavy (non-hydrogen) atoms. The first-order chi connectivity index (χ1) is 9.45. The maximum absolute atomic E-state index is 12.4. The molecule has 0 unspecified atom stereocenters. The standard InChI is InChI=1S/C13H16F3N3O/c14-13(15,16)9-1-3-10(4-2-9)18-12(20)19-11-5-7-17-8-6-11/h1-4,11,17H,5-8H2,(H2,18,19,20). The average Bonchev–Trinajstić information content (AvgIpc) is 2.39. The molecule has 7 heteroatoms. The number of carbonyl (C=O) groups is 1. The lowest BCUT2D eigenvalue weighted by Gasteiger charge is -2.23. The van der Waals surface area contributed by atoms with Crippen molar-refractivity contribution in [2.75, 3.05) is 18.4 Å². The van der Waals surface area contributed by atoms with Crippen LogP contribution in [0.2, 0.25) is 0 Å². The summed E-state index contributed by atoms with van der Waals surface area (Å²) in [5.41, 5.74) is -0.397. The summed E-state index contributed by atoms with van der Waals surface area (Å²) in [6.45, 7) is 1.70. The van der Waals surface area contributed by atoms with Gasteiger partial charge in [0.15, 0.2) is 0 Å². The summed E-state index contributed by atoms with van der Waals surface area (Å²) < 4.78 is 37.2. The van der Waals surface area contributed by atoms with Crippen LogP contribution < -0.4 is 16.0 Å². The number of benzene rings is 1. The van der Waals surface area contributed by atoms with Crippen LogP contribution in [-0.4, -0.2) is 25.2 Å². The molecular formula is C13H16F3N3O. The normalized spacial score (nSPS) is 16.8. The van der Waals surface area contributed by atoms with Crippen LogP contribution in [0.15, 0.2) is 24.3 Å². The molecule has 0 aromatic heterocycles. The zero-order valence-electron chi connectivity index (χ0n) is 10.8. The summed E-state index contributed by atoms with van der Waals surface area (Å²) >= 11 is 0. The molecule has 0 atom stereocenters. The monoisotopic (exact) mass is 287 g/mol. The zero-order chi connectivity index (χ0) is 14.6. The van der Waals surface area contributed by atoms with Crippen LogP contribution in [0.3, 0.4) is 0 Å². The molecule has 1 aromatic rings. The number of rotatable bonds is 2. The molecule has 0 aliphatic carbocycles. The third-order valence-corrected chi connectivity index (χ3v) is 3.14. The molecule has 1 aromatic carbocycles. The second kappa shape index (κ2) is 6.13. The van der Waals surface area contributed by atoms with Gasteiger partial charge >= 0.3 is 12.2 Å². The van der Waals surface area contributed by atoms with Gasteiger partial charge in [0.25, 0.3) is 0 Å². The second-order valence-corrected chi connectivity index (χ2v) is 4.70. The molecule has 110 valence electrons. The minimum atomic E-state index is -4.37. The molecule has 1 aliphatic heterocycles. The van der Waals surface area contributed by atoms with E-state index in [1.54, 1.807) is 0 Å². The Balaban J connectivity index is 1.87. The number of urea groups is 1. The molecule has 1 fully saturated rings. The van der Waals surface area contributed by atoms with Crippen LogP contribution in [0.5, 0.6) is 0 Å². The molecule has 1 heterocycles. The van der Waals surface area contributed by atoms with Gasteiger partial charge in [-0.1, -0.05) is 0 Å². The number of hydrogen-bond donors (Lipinski definition) is 3. The number of alkyl halides is 3. The van der Waals surface area contributed by atoms with E-state index in [4.69, 9.17) is 0 Å². The quantitative estimate of drug-likeness (QED) is 0.783. The molecule has 0 bridgehead atoms. The Bertz CT molecular complexity index is 453. The Labute approximate surface area is 114 Å². The van der Waals surface area contributed by atoms with E-state index in [1.807, 2.05) is 0 Å². The van der Waals surface area contributed by atoms with Crippen molar-refractivity contribution in [2.45, 2.75) is 25.1 Å². The maximum atomic E-state index is 12.4. The molecule has 3 N–H and O–H groups in total.